The molecule has 1 aliphatic heterocycles. The molecule has 0 amide bonds. The summed E-state index contributed by atoms with van der Waals surface area (Å²) in [7, 11) is -2.54. The van der Waals surface area contributed by atoms with Gasteiger partial charge in [0.25, 0.3) is 0 Å². The molecule has 0 aromatic heterocycles. The number of hydrogen-bond donors (Lipinski definition) is 0. The van der Waals surface area contributed by atoms with Gasteiger partial charge in [-0.05, 0) is 48.0 Å². The van der Waals surface area contributed by atoms with Crippen LogP contribution in [0.4, 0.5) is 5.69 Å². The fourth-order valence-corrected chi connectivity index (χ4v) is 7.64. The lowest BCUT2D eigenvalue weighted by Gasteiger charge is -2.43. The Bertz CT molecular complexity index is 1260. The van der Waals surface area contributed by atoms with E-state index in [0.717, 1.165) is 11.3 Å². The third-order valence-corrected chi connectivity index (χ3v) is 9.51. The second-order valence-electron chi connectivity index (χ2n) is 8.32. The van der Waals surface area contributed by atoms with Crippen molar-refractivity contribution in [2.45, 2.75) is 13.5 Å². The van der Waals surface area contributed by atoms with Gasteiger partial charge in [-0.1, -0.05) is 109 Å². The Morgan fingerprint density at radius 1 is 0.625 bits per heavy atom. The van der Waals surface area contributed by atoms with Crippen LogP contribution in [0, 0.1) is 6.92 Å². The van der Waals surface area contributed by atoms with Crippen LogP contribution in [0.3, 0.4) is 0 Å². The van der Waals surface area contributed by atoms with Gasteiger partial charge in [0, 0.05) is 11.4 Å². The Hall–Kier alpha value is -3.69. The third kappa shape index (κ3) is 3.72. The summed E-state index contributed by atoms with van der Waals surface area (Å²) in [5.74, 6) is 0. The Kier molecular flexibility index (Phi) is 5.34. The summed E-state index contributed by atoms with van der Waals surface area (Å²) in [6, 6.07) is 40.8. The topological polar surface area (TPSA) is 15.6 Å². The van der Waals surface area contributed by atoms with E-state index in [-0.39, 0.29) is 0 Å². The zero-order chi connectivity index (χ0) is 22.0. The van der Waals surface area contributed by atoms with Crippen molar-refractivity contribution in [3.63, 3.8) is 0 Å². The zero-order valence-corrected chi connectivity index (χ0v) is 19.4. The van der Waals surface area contributed by atoms with Gasteiger partial charge in [0.15, 0.2) is 0 Å². The largest absolute Gasteiger partial charge is 0.345 e. The molecule has 4 aromatic rings. The summed E-state index contributed by atoms with van der Waals surface area (Å²) in [6.45, 7) is 4.47. The third-order valence-electron chi connectivity index (χ3n) is 6.04. The van der Waals surface area contributed by atoms with Crippen LogP contribution < -0.4 is 9.75 Å². The highest BCUT2D eigenvalue weighted by Crippen LogP contribution is 2.36. The first-order chi connectivity index (χ1) is 15.6. The number of allylic oxidation sites excluding steroid dienone is 1. The van der Waals surface area contributed by atoms with E-state index < -0.39 is 8.40 Å². The molecule has 3 heteroatoms. The fraction of sp³-hybridized carbons (Fsp3) is 0.0690. The molecular formula is C29H26N2Si. The van der Waals surface area contributed by atoms with Gasteiger partial charge in [0.2, 0.25) is 0 Å². The van der Waals surface area contributed by atoms with Crippen molar-refractivity contribution >= 4 is 30.7 Å². The second-order valence-corrected chi connectivity index (χ2v) is 11.6. The molecule has 1 aliphatic rings. The van der Waals surface area contributed by atoms with Gasteiger partial charge >= 0.3 is 8.40 Å². The van der Waals surface area contributed by atoms with Gasteiger partial charge in [0.1, 0.15) is 0 Å². The Labute approximate surface area is 191 Å². The molecule has 32 heavy (non-hydrogen) atoms. The van der Waals surface area contributed by atoms with Crippen LogP contribution in [0.2, 0.25) is 6.55 Å². The summed E-state index contributed by atoms with van der Waals surface area (Å²) in [5, 5.41) is 1.29. The minimum Gasteiger partial charge on any atom is -0.345 e. The highest BCUT2D eigenvalue weighted by Gasteiger charge is 2.43. The van der Waals surface area contributed by atoms with Crippen LogP contribution in [-0.2, 0) is 0 Å². The first-order valence-electron chi connectivity index (χ1n) is 11.0. The summed E-state index contributed by atoms with van der Waals surface area (Å²) in [6.07, 6.45) is 2.25. The predicted molar refractivity (Wildman–Crippen MR) is 139 cm³/mol. The number of anilines is 1. The van der Waals surface area contributed by atoms with Crippen LogP contribution in [0.5, 0.6) is 0 Å². The van der Waals surface area contributed by atoms with Gasteiger partial charge < -0.3 is 4.57 Å². The maximum atomic E-state index is 5.52. The Morgan fingerprint density at radius 2 is 1.19 bits per heavy atom. The molecule has 0 aliphatic carbocycles. The van der Waals surface area contributed by atoms with Crippen molar-refractivity contribution in [3.05, 3.63) is 138 Å². The summed E-state index contributed by atoms with van der Waals surface area (Å²) < 4.78 is 8.02. The fourth-order valence-electron chi connectivity index (χ4n) is 4.35. The number of para-hydroxylation sites is 1. The van der Waals surface area contributed by atoms with Gasteiger partial charge in [-0.3, -0.25) is 4.66 Å². The number of aryl methyl sites for hydroxylation is 1. The van der Waals surface area contributed by atoms with Crippen LogP contribution in [0.25, 0.3) is 5.70 Å². The molecule has 0 radical (unpaired) electrons. The van der Waals surface area contributed by atoms with Crippen molar-refractivity contribution in [2.24, 2.45) is 4.66 Å². The number of rotatable bonds is 4. The smallest absolute Gasteiger partial charge is 0.318 e. The van der Waals surface area contributed by atoms with E-state index >= 15 is 0 Å². The Balaban J connectivity index is 1.79. The van der Waals surface area contributed by atoms with Crippen LogP contribution in [-0.4, -0.2) is 14.1 Å². The SMILES string of the molecule is Cc1ccc(C2=N[Si](C)(c3ccccc3)N(c3ccccc3)C(c3ccccc3)=C2)cc1. The summed E-state index contributed by atoms with van der Waals surface area (Å²) in [4.78, 5) is 0. The highest BCUT2D eigenvalue weighted by molar-refractivity contribution is 6.95. The minimum atomic E-state index is -2.54. The van der Waals surface area contributed by atoms with E-state index in [9.17, 15) is 0 Å². The first-order valence-corrected chi connectivity index (χ1v) is 13.4. The molecule has 156 valence electrons. The predicted octanol–water partition coefficient (Wildman–Crippen LogP) is 6.32. The molecule has 4 aromatic carbocycles. The van der Waals surface area contributed by atoms with Gasteiger partial charge in [-0.15, -0.1) is 0 Å². The maximum Gasteiger partial charge on any atom is 0.318 e. The molecule has 1 unspecified atom stereocenters. The standard InChI is InChI=1S/C29H26N2Si/c1-23-18-20-24(21-19-23)28-22-29(25-12-6-3-7-13-25)31(26-14-8-4-9-15-26)32(2,30-28)27-16-10-5-11-17-27/h3-22H,1-2H3. The van der Waals surface area contributed by atoms with Crippen molar-refractivity contribution in [1.29, 1.82) is 0 Å². The van der Waals surface area contributed by atoms with Crippen LogP contribution in [0.15, 0.2) is 126 Å². The van der Waals surface area contributed by atoms with Gasteiger partial charge in [-0.25, -0.2) is 0 Å². The van der Waals surface area contributed by atoms with E-state index in [4.69, 9.17) is 4.66 Å². The van der Waals surface area contributed by atoms with E-state index in [2.05, 4.69) is 139 Å². The monoisotopic (exact) mass is 430 g/mol. The lowest BCUT2D eigenvalue weighted by atomic mass is 10.0. The lowest BCUT2D eigenvalue weighted by Crippen LogP contribution is -2.60. The molecule has 0 N–H and O–H groups in total. The highest BCUT2D eigenvalue weighted by atomic mass is 28.3. The minimum absolute atomic E-state index is 1.05. The van der Waals surface area contributed by atoms with Gasteiger partial charge in [-0.2, -0.15) is 0 Å². The maximum absolute atomic E-state index is 5.52. The first kappa shape index (κ1) is 20.2. The molecule has 0 saturated carbocycles. The average molecular weight is 431 g/mol. The van der Waals surface area contributed by atoms with E-state index in [1.807, 2.05) is 0 Å². The quantitative estimate of drug-likeness (QED) is 0.346. The molecule has 1 heterocycles. The van der Waals surface area contributed by atoms with Crippen LogP contribution >= 0.6 is 0 Å². The number of nitrogens with zero attached hydrogens (tertiary/aromatic N) is 2. The summed E-state index contributed by atoms with van der Waals surface area (Å²) >= 11 is 0. The molecular weight excluding hydrogens is 404 g/mol. The van der Waals surface area contributed by atoms with Crippen LogP contribution in [0.1, 0.15) is 16.7 Å². The molecule has 0 bridgehead atoms. The average Bonchev–Trinajstić information content (AvgIpc) is 2.85. The molecule has 0 spiro atoms. The zero-order valence-electron chi connectivity index (χ0n) is 18.4. The molecule has 2 nitrogen and oxygen atoms in total. The molecule has 1 atom stereocenters. The second kappa shape index (κ2) is 8.44. The van der Waals surface area contributed by atoms with Crippen molar-refractivity contribution in [3.8, 4) is 0 Å². The summed E-state index contributed by atoms with van der Waals surface area (Å²) in [5.41, 5.74) is 7.03. The molecule has 0 saturated heterocycles. The van der Waals surface area contributed by atoms with Gasteiger partial charge in [0.05, 0.1) is 5.71 Å². The van der Waals surface area contributed by atoms with E-state index in [1.54, 1.807) is 0 Å². The normalized spacial score (nSPS) is 18.1. The van der Waals surface area contributed by atoms with Crippen molar-refractivity contribution in [2.75, 3.05) is 4.57 Å². The Morgan fingerprint density at radius 3 is 1.81 bits per heavy atom. The van der Waals surface area contributed by atoms with E-state index in [0.29, 0.717) is 0 Å². The number of hydrogen-bond acceptors (Lipinski definition) is 2. The van der Waals surface area contributed by atoms with E-state index in [1.165, 1.54) is 27.7 Å². The number of benzene rings is 4. The van der Waals surface area contributed by atoms with Crippen molar-refractivity contribution in [1.82, 2.24) is 0 Å². The lowest BCUT2D eigenvalue weighted by molar-refractivity contribution is 1.29. The molecule has 0 fully saturated rings. The van der Waals surface area contributed by atoms with Crippen molar-refractivity contribution < 1.29 is 0 Å². The molecule has 5 rings (SSSR count).